The smallest absolute Gasteiger partial charge is 0.188 e. The van der Waals surface area contributed by atoms with Gasteiger partial charge < -0.3 is 5.32 Å². The van der Waals surface area contributed by atoms with Crippen LogP contribution < -0.4 is 5.32 Å². The van der Waals surface area contributed by atoms with Crippen molar-refractivity contribution in [3.05, 3.63) is 76.2 Å². The molecular formula is C15H10Cl2FNO. The normalized spacial score (nSPS) is 10.8. The van der Waals surface area contributed by atoms with E-state index in [0.717, 1.165) is 0 Å². The summed E-state index contributed by atoms with van der Waals surface area (Å²) in [5.74, 6) is -0.690. The fraction of sp³-hybridized carbons (Fsp3) is 0. The van der Waals surface area contributed by atoms with Crippen LogP contribution in [0.25, 0.3) is 0 Å². The number of halogens is 3. The molecule has 0 aromatic heterocycles. The molecule has 0 aliphatic rings. The fourth-order valence-electron chi connectivity index (χ4n) is 1.56. The molecule has 0 unspecified atom stereocenters. The Balaban J connectivity index is 2.08. The maximum Gasteiger partial charge on any atom is 0.188 e. The van der Waals surface area contributed by atoms with Crippen molar-refractivity contribution < 1.29 is 9.18 Å². The van der Waals surface area contributed by atoms with E-state index in [1.807, 2.05) is 0 Å². The average Bonchev–Trinajstić information content (AvgIpc) is 2.40. The largest absolute Gasteiger partial charge is 0.359 e. The third-order valence-corrected chi connectivity index (χ3v) is 3.09. The van der Waals surface area contributed by atoms with Gasteiger partial charge in [-0.3, -0.25) is 4.79 Å². The second-order valence-electron chi connectivity index (χ2n) is 3.95. The molecule has 0 saturated carbocycles. The lowest BCUT2D eigenvalue weighted by molar-refractivity contribution is 0.104. The quantitative estimate of drug-likeness (QED) is 0.640. The number of anilines is 1. The van der Waals surface area contributed by atoms with Crippen LogP contribution in [-0.4, -0.2) is 5.78 Å². The van der Waals surface area contributed by atoms with Crippen molar-refractivity contribution in [2.45, 2.75) is 0 Å². The van der Waals surface area contributed by atoms with Gasteiger partial charge in [0.15, 0.2) is 5.78 Å². The van der Waals surface area contributed by atoms with E-state index < -0.39 is 5.82 Å². The molecule has 2 nitrogen and oxygen atoms in total. The number of rotatable bonds is 4. The number of allylic oxidation sites excluding steroid dienone is 1. The second kappa shape index (κ2) is 6.55. The predicted octanol–water partition coefficient (Wildman–Crippen LogP) is 4.94. The highest BCUT2D eigenvalue weighted by atomic mass is 35.5. The van der Waals surface area contributed by atoms with Gasteiger partial charge in [0, 0.05) is 22.9 Å². The van der Waals surface area contributed by atoms with Crippen molar-refractivity contribution in [1.29, 1.82) is 0 Å². The summed E-state index contributed by atoms with van der Waals surface area (Å²) in [5.41, 5.74) is 0.626. The zero-order valence-corrected chi connectivity index (χ0v) is 11.8. The highest BCUT2D eigenvalue weighted by Gasteiger charge is 2.07. The van der Waals surface area contributed by atoms with Gasteiger partial charge in [0.1, 0.15) is 5.82 Å². The van der Waals surface area contributed by atoms with E-state index >= 15 is 0 Å². The molecule has 0 aliphatic heterocycles. The molecule has 1 N–H and O–H groups in total. The van der Waals surface area contributed by atoms with Gasteiger partial charge in [-0.25, -0.2) is 4.39 Å². The highest BCUT2D eigenvalue weighted by molar-refractivity contribution is 6.37. The van der Waals surface area contributed by atoms with E-state index in [4.69, 9.17) is 23.2 Å². The molecule has 5 heteroatoms. The molecule has 0 aliphatic carbocycles. The number of benzene rings is 2. The van der Waals surface area contributed by atoms with Gasteiger partial charge in [0.2, 0.25) is 0 Å². The van der Waals surface area contributed by atoms with Crippen LogP contribution in [0.3, 0.4) is 0 Å². The molecule has 0 heterocycles. The number of carbonyl (C=O) groups excluding carboxylic acids is 1. The van der Waals surface area contributed by atoms with Gasteiger partial charge in [-0.15, -0.1) is 0 Å². The minimum absolute atomic E-state index is 0.276. The zero-order valence-electron chi connectivity index (χ0n) is 10.2. The van der Waals surface area contributed by atoms with Crippen molar-refractivity contribution in [2.24, 2.45) is 0 Å². The van der Waals surface area contributed by atoms with E-state index in [9.17, 15) is 9.18 Å². The standard InChI is InChI=1S/C15H10Cl2FNO/c16-10-5-6-11(12(17)9-10)15(20)7-8-19-14-4-2-1-3-13(14)18/h1-9,19H/b8-7+. The summed E-state index contributed by atoms with van der Waals surface area (Å²) in [6.07, 6.45) is 2.65. The summed E-state index contributed by atoms with van der Waals surface area (Å²) < 4.78 is 13.3. The minimum Gasteiger partial charge on any atom is -0.359 e. The molecule has 0 radical (unpaired) electrons. The first kappa shape index (κ1) is 14.6. The van der Waals surface area contributed by atoms with Crippen LogP contribution >= 0.6 is 23.2 Å². The van der Waals surface area contributed by atoms with Crippen molar-refractivity contribution in [1.82, 2.24) is 0 Å². The third-order valence-electron chi connectivity index (χ3n) is 2.54. The van der Waals surface area contributed by atoms with E-state index in [0.29, 0.717) is 16.3 Å². The highest BCUT2D eigenvalue weighted by Crippen LogP contribution is 2.21. The molecule has 0 amide bonds. The van der Waals surface area contributed by atoms with Gasteiger partial charge in [0.25, 0.3) is 0 Å². The Morgan fingerprint density at radius 3 is 2.60 bits per heavy atom. The molecule has 0 bridgehead atoms. The van der Waals surface area contributed by atoms with Gasteiger partial charge >= 0.3 is 0 Å². The van der Waals surface area contributed by atoms with E-state index in [1.165, 1.54) is 24.4 Å². The Hall–Kier alpha value is -1.84. The SMILES string of the molecule is O=C(/C=C/Nc1ccccc1F)c1ccc(Cl)cc1Cl. The first-order chi connectivity index (χ1) is 9.58. The maximum atomic E-state index is 13.3. The van der Waals surface area contributed by atoms with Gasteiger partial charge in [-0.05, 0) is 30.3 Å². The topological polar surface area (TPSA) is 29.1 Å². The molecule has 2 aromatic carbocycles. The van der Waals surface area contributed by atoms with Crippen LogP contribution in [0.15, 0.2) is 54.7 Å². The summed E-state index contributed by atoms with van der Waals surface area (Å²) >= 11 is 11.7. The van der Waals surface area contributed by atoms with E-state index in [-0.39, 0.29) is 10.8 Å². The molecular weight excluding hydrogens is 300 g/mol. The first-order valence-corrected chi connectivity index (χ1v) is 6.50. The number of hydrogen-bond acceptors (Lipinski definition) is 2. The van der Waals surface area contributed by atoms with Crippen LogP contribution in [-0.2, 0) is 0 Å². The molecule has 0 saturated heterocycles. The number of ketones is 1. The van der Waals surface area contributed by atoms with Gasteiger partial charge in [0.05, 0.1) is 10.7 Å². The Morgan fingerprint density at radius 1 is 1.15 bits per heavy atom. The molecule has 2 aromatic rings. The summed E-state index contributed by atoms with van der Waals surface area (Å²) in [6.45, 7) is 0. The Bertz CT molecular complexity index is 671. The third kappa shape index (κ3) is 3.59. The van der Waals surface area contributed by atoms with E-state index in [1.54, 1.807) is 30.3 Å². The fourth-order valence-corrected chi connectivity index (χ4v) is 2.07. The Labute approximate surface area is 125 Å². The monoisotopic (exact) mass is 309 g/mol. The van der Waals surface area contributed by atoms with Crippen molar-refractivity contribution in [3.63, 3.8) is 0 Å². The van der Waals surface area contributed by atoms with Crippen molar-refractivity contribution in [2.75, 3.05) is 5.32 Å². The molecule has 0 spiro atoms. The molecule has 102 valence electrons. The maximum absolute atomic E-state index is 13.3. The number of para-hydroxylation sites is 1. The Kier molecular flexibility index (Phi) is 4.77. The van der Waals surface area contributed by atoms with E-state index in [2.05, 4.69) is 5.32 Å². The summed E-state index contributed by atoms with van der Waals surface area (Å²) in [4.78, 5) is 11.9. The second-order valence-corrected chi connectivity index (χ2v) is 4.79. The lowest BCUT2D eigenvalue weighted by Gasteiger charge is -2.02. The minimum atomic E-state index is -0.394. The predicted molar refractivity (Wildman–Crippen MR) is 80.0 cm³/mol. The van der Waals surface area contributed by atoms with Crippen LogP contribution in [0.4, 0.5) is 10.1 Å². The molecule has 2 rings (SSSR count). The summed E-state index contributed by atoms with van der Waals surface area (Å²) in [7, 11) is 0. The number of carbonyl (C=O) groups is 1. The van der Waals surface area contributed by atoms with Crippen LogP contribution in [0.1, 0.15) is 10.4 Å². The van der Waals surface area contributed by atoms with Gasteiger partial charge in [-0.1, -0.05) is 35.3 Å². The van der Waals surface area contributed by atoms with Crippen LogP contribution in [0.5, 0.6) is 0 Å². The summed E-state index contributed by atoms with van der Waals surface area (Å²) in [5, 5.41) is 3.43. The molecule has 20 heavy (non-hydrogen) atoms. The number of hydrogen-bond donors (Lipinski definition) is 1. The Morgan fingerprint density at radius 2 is 1.90 bits per heavy atom. The van der Waals surface area contributed by atoms with Crippen molar-refractivity contribution >= 4 is 34.7 Å². The van der Waals surface area contributed by atoms with Crippen LogP contribution in [0, 0.1) is 5.82 Å². The number of nitrogens with one attached hydrogen (secondary N) is 1. The lowest BCUT2D eigenvalue weighted by Crippen LogP contribution is -1.98. The van der Waals surface area contributed by atoms with Gasteiger partial charge in [-0.2, -0.15) is 0 Å². The zero-order chi connectivity index (χ0) is 14.5. The summed E-state index contributed by atoms with van der Waals surface area (Å²) in [6, 6.07) is 10.8. The first-order valence-electron chi connectivity index (χ1n) is 5.75. The van der Waals surface area contributed by atoms with Crippen LogP contribution in [0.2, 0.25) is 10.0 Å². The lowest BCUT2D eigenvalue weighted by atomic mass is 10.1. The molecule has 0 fully saturated rings. The molecule has 0 atom stereocenters. The average molecular weight is 310 g/mol. The van der Waals surface area contributed by atoms with Crippen molar-refractivity contribution in [3.8, 4) is 0 Å².